The number of carbonyl (C=O) groups excluding carboxylic acids is 1. The van der Waals surface area contributed by atoms with Crippen LogP contribution >= 0.6 is 0 Å². The predicted molar refractivity (Wildman–Crippen MR) is 71.3 cm³/mol. The number of hydrogen-bond donors (Lipinski definition) is 2. The number of piperidine rings is 1. The number of nitrogens with one attached hydrogen (secondary N) is 1. The maximum absolute atomic E-state index is 12.3. The molecule has 4 nitrogen and oxygen atoms in total. The highest BCUT2D eigenvalue weighted by molar-refractivity contribution is 5.76. The molecule has 0 aliphatic carbocycles. The number of nitrogens with zero attached hydrogens (tertiary/aromatic N) is 1. The van der Waals surface area contributed by atoms with Crippen molar-refractivity contribution in [2.75, 3.05) is 26.2 Å². The third-order valence-corrected chi connectivity index (χ3v) is 4.34. The zero-order chi connectivity index (χ0) is 13.0. The second-order valence-electron chi connectivity index (χ2n) is 6.13. The van der Waals surface area contributed by atoms with E-state index in [9.17, 15) is 9.90 Å². The molecule has 0 aromatic rings. The largest absolute Gasteiger partial charge is 0.390 e. The standard InChI is InChI=1S/C14H26N2O2/c1-14(18)5-2-9-16(10-6-14)13(17)11-12-3-7-15-8-4-12/h12,15,18H,2-11H2,1H3. The van der Waals surface area contributed by atoms with Crippen LogP contribution in [0.1, 0.15) is 45.4 Å². The van der Waals surface area contributed by atoms with E-state index in [2.05, 4.69) is 5.32 Å². The van der Waals surface area contributed by atoms with E-state index in [4.69, 9.17) is 0 Å². The molecular weight excluding hydrogens is 228 g/mol. The number of aliphatic hydroxyl groups is 1. The van der Waals surface area contributed by atoms with Gasteiger partial charge in [-0.3, -0.25) is 4.79 Å². The van der Waals surface area contributed by atoms with E-state index in [-0.39, 0.29) is 0 Å². The zero-order valence-corrected chi connectivity index (χ0v) is 11.5. The van der Waals surface area contributed by atoms with E-state index in [1.165, 1.54) is 0 Å². The molecule has 4 heteroatoms. The van der Waals surface area contributed by atoms with Gasteiger partial charge in [0.1, 0.15) is 0 Å². The lowest BCUT2D eigenvalue weighted by Gasteiger charge is -2.26. The van der Waals surface area contributed by atoms with Crippen molar-refractivity contribution in [3.8, 4) is 0 Å². The van der Waals surface area contributed by atoms with Crippen LogP contribution < -0.4 is 5.32 Å². The molecule has 18 heavy (non-hydrogen) atoms. The average molecular weight is 254 g/mol. The lowest BCUT2D eigenvalue weighted by molar-refractivity contribution is -0.132. The summed E-state index contributed by atoms with van der Waals surface area (Å²) in [6.07, 6.45) is 5.39. The molecule has 104 valence electrons. The van der Waals surface area contributed by atoms with Crippen LogP contribution in [0.5, 0.6) is 0 Å². The van der Waals surface area contributed by atoms with Crippen molar-refractivity contribution in [2.24, 2.45) is 5.92 Å². The van der Waals surface area contributed by atoms with E-state index in [1.54, 1.807) is 0 Å². The average Bonchev–Trinajstić information content (AvgIpc) is 2.51. The molecule has 0 aromatic heterocycles. The Bertz CT molecular complexity index is 286. The molecule has 0 aromatic carbocycles. The van der Waals surface area contributed by atoms with Gasteiger partial charge in [-0.2, -0.15) is 0 Å². The molecular formula is C14H26N2O2. The van der Waals surface area contributed by atoms with Crippen molar-refractivity contribution in [3.05, 3.63) is 0 Å². The Labute approximate surface area is 110 Å². The molecule has 0 saturated carbocycles. The van der Waals surface area contributed by atoms with Crippen molar-refractivity contribution in [3.63, 3.8) is 0 Å². The van der Waals surface area contributed by atoms with Crippen molar-refractivity contribution >= 4 is 5.91 Å². The quantitative estimate of drug-likeness (QED) is 0.777. The highest BCUT2D eigenvalue weighted by Gasteiger charge is 2.28. The Hall–Kier alpha value is -0.610. The van der Waals surface area contributed by atoms with Gasteiger partial charge >= 0.3 is 0 Å². The van der Waals surface area contributed by atoms with E-state index < -0.39 is 5.60 Å². The molecule has 2 saturated heterocycles. The minimum atomic E-state index is -0.580. The van der Waals surface area contributed by atoms with Crippen molar-refractivity contribution < 1.29 is 9.90 Å². The molecule has 1 amide bonds. The van der Waals surface area contributed by atoms with Crippen LogP contribution in [0.3, 0.4) is 0 Å². The summed E-state index contributed by atoms with van der Waals surface area (Å²) in [6, 6.07) is 0. The fraction of sp³-hybridized carbons (Fsp3) is 0.929. The number of amides is 1. The molecule has 2 aliphatic rings. The Morgan fingerprint density at radius 2 is 2.06 bits per heavy atom. The minimum absolute atomic E-state index is 0.291. The first-order valence-electron chi connectivity index (χ1n) is 7.28. The summed E-state index contributed by atoms with van der Waals surface area (Å²) in [5.41, 5.74) is -0.580. The van der Waals surface area contributed by atoms with E-state index in [1.807, 2.05) is 11.8 Å². The molecule has 0 radical (unpaired) electrons. The zero-order valence-electron chi connectivity index (χ0n) is 11.5. The summed E-state index contributed by atoms with van der Waals surface area (Å²) in [5.74, 6) is 0.849. The summed E-state index contributed by atoms with van der Waals surface area (Å²) in [5, 5.41) is 13.4. The van der Waals surface area contributed by atoms with Crippen LogP contribution in [0.25, 0.3) is 0 Å². The molecule has 1 atom stereocenters. The van der Waals surface area contributed by atoms with E-state index in [0.717, 1.165) is 51.9 Å². The number of likely N-dealkylation sites (tertiary alicyclic amines) is 1. The molecule has 2 rings (SSSR count). The topological polar surface area (TPSA) is 52.6 Å². The van der Waals surface area contributed by atoms with Gasteiger partial charge in [-0.1, -0.05) is 0 Å². The SMILES string of the molecule is CC1(O)CCCN(C(=O)CC2CCNCC2)CC1. The van der Waals surface area contributed by atoms with Crippen molar-refractivity contribution in [2.45, 2.75) is 51.0 Å². The molecule has 2 fully saturated rings. The number of carbonyl (C=O) groups is 1. The highest BCUT2D eigenvalue weighted by Crippen LogP contribution is 2.23. The molecule has 0 spiro atoms. The fourth-order valence-electron chi connectivity index (χ4n) is 2.97. The first kappa shape index (κ1) is 13.8. The lowest BCUT2D eigenvalue weighted by atomic mass is 9.94. The summed E-state index contributed by atoms with van der Waals surface area (Å²) >= 11 is 0. The summed E-state index contributed by atoms with van der Waals surface area (Å²) < 4.78 is 0. The van der Waals surface area contributed by atoms with Crippen molar-refractivity contribution in [1.29, 1.82) is 0 Å². The summed E-state index contributed by atoms with van der Waals surface area (Å²) in [6.45, 7) is 5.52. The molecule has 1 unspecified atom stereocenters. The maximum atomic E-state index is 12.3. The maximum Gasteiger partial charge on any atom is 0.222 e. The normalized spacial score (nSPS) is 31.1. The Morgan fingerprint density at radius 1 is 1.33 bits per heavy atom. The first-order valence-corrected chi connectivity index (χ1v) is 7.28. The first-order chi connectivity index (χ1) is 8.57. The van der Waals surface area contributed by atoms with Gasteiger partial charge in [0.05, 0.1) is 5.60 Å². The van der Waals surface area contributed by atoms with Crippen LogP contribution in [-0.2, 0) is 4.79 Å². The Morgan fingerprint density at radius 3 is 2.78 bits per heavy atom. The van der Waals surface area contributed by atoms with E-state index >= 15 is 0 Å². The van der Waals surface area contributed by atoms with Crippen LogP contribution in [0, 0.1) is 5.92 Å². The minimum Gasteiger partial charge on any atom is -0.390 e. The summed E-state index contributed by atoms with van der Waals surface area (Å²) in [7, 11) is 0. The second-order valence-corrected chi connectivity index (χ2v) is 6.13. The van der Waals surface area contributed by atoms with Crippen LogP contribution in [0.4, 0.5) is 0 Å². The molecule has 2 heterocycles. The van der Waals surface area contributed by atoms with Gasteiger partial charge in [0.2, 0.25) is 5.91 Å². The third-order valence-electron chi connectivity index (χ3n) is 4.34. The van der Waals surface area contributed by atoms with Crippen LogP contribution in [-0.4, -0.2) is 47.7 Å². The van der Waals surface area contributed by atoms with Gasteiger partial charge in [-0.15, -0.1) is 0 Å². The monoisotopic (exact) mass is 254 g/mol. The molecule has 2 N–H and O–H groups in total. The van der Waals surface area contributed by atoms with Gasteiger partial charge in [0.15, 0.2) is 0 Å². The Balaban J connectivity index is 1.81. The Kier molecular flexibility index (Phi) is 4.62. The predicted octanol–water partition coefficient (Wildman–Crippen LogP) is 1.14. The summed E-state index contributed by atoms with van der Waals surface area (Å²) in [4.78, 5) is 14.2. The second kappa shape index (κ2) is 6.02. The van der Waals surface area contributed by atoms with Crippen molar-refractivity contribution in [1.82, 2.24) is 10.2 Å². The lowest BCUT2D eigenvalue weighted by Crippen LogP contribution is -2.36. The van der Waals surface area contributed by atoms with Gasteiger partial charge in [-0.25, -0.2) is 0 Å². The van der Waals surface area contributed by atoms with Crippen LogP contribution in [0.2, 0.25) is 0 Å². The highest BCUT2D eigenvalue weighted by atomic mass is 16.3. The van der Waals surface area contributed by atoms with E-state index in [0.29, 0.717) is 24.7 Å². The third kappa shape index (κ3) is 3.95. The molecule has 0 bridgehead atoms. The van der Waals surface area contributed by atoms with Gasteiger partial charge < -0.3 is 15.3 Å². The van der Waals surface area contributed by atoms with Gasteiger partial charge in [0.25, 0.3) is 0 Å². The van der Waals surface area contributed by atoms with Gasteiger partial charge in [-0.05, 0) is 58.0 Å². The van der Waals surface area contributed by atoms with Crippen LogP contribution in [0.15, 0.2) is 0 Å². The smallest absolute Gasteiger partial charge is 0.222 e. The molecule has 2 aliphatic heterocycles. The fourth-order valence-corrected chi connectivity index (χ4v) is 2.97. The number of hydrogen-bond acceptors (Lipinski definition) is 3. The number of rotatable bonds is 2. The van der Waals surface area contributed by atoms with Gasteiger partial charge in [0, 0.05) is 19.5 Å².